The fraction of sp³-hybridized carbons (Fsp3) is 0.438. The van der Waals surface area contributed by atoms with Gasteiger partial charge in [0.25, 0.3) is 0 Å². The minimum Gasteiger partial charge on any atom is -0.334 e. The third kappa shape index (κ3) is 3.28. The number of carbonyl (C=O) groups excluding carboxylic acids is 1. The molecule has 0 radical (unpaired) electrons. The van der Waals surface area contributed by atoms with Crippen molar-refractivity contribution in [1.82, 2.24) is 29.8 Å². The normalized spacial score (nSPS) is 11.1. The molecule has 2 N–H and O–H groups in total. The quantitative estimate of drug-likeness (QED) is 0.719. The standard InChI is InChI=1S/C16H22N6OS/c1-4-13-12(14(5-2)21(3)20-13)9-18-15(23)17-8-11-10-22-6-7-24-16(22)19-11/h6-7,10H,4-5,8-9H2,1-3H3,(H2,17,18,23). The Morgan fingerprint density at radius 1 is 1.25 bits per heavy atom. The number of carbonyl (C=O) groups is 1. The van der Waals surface area contributed by atoms with Crippen molar-refractivity contribution in [3.8, 4) is 0 Å². The molecule has 0 saturated carbocycles. The summed E-state index contributed by atoms with van der Waals surface area (Å²) in [6.45, 7) is 5.08. The number of imidazole rings is 1. The Hall–Kier alpha value is -2.35. The number of amides is 2. The molecule has 0 unspecified atom stereocenters. The maximum atomic E-state index is 12.1. The van der Waals surface area contributed by atoms with E-state index in [1.807, 2.05) is 33.9 Å². The Bertz CT molecular complexity index is 818. The monoisotopic (exact) mass is 346 g/mol. The Labute approximate surface area is 144 Å². The van der Waals surface area contributed by atoms with Crippen LogP contribution in [0.2, 0.25) is 0 Å². The van der Waals surface area contributed by atoms with Crippen molar-refractivity contribution in [1.29, 1.82) is 0 Å². The highest BCUT2D eigenvalue weighted by Gasteiger charge is 2.14. The molecule has 3 heterocycles. The van der Waals surface area contributed by atoms with E-state index in [2.05, 4.69) is 34.6 Å². The molecule has 24 heavy (non-hydrogen) atoms. The number of fused-ring (bicyclic) bond motifs is 1. The molecule has 128 valence electrons. The summed E-state index contributed by atoms with van der Waals surface area (Å²) in [5, 5.41) is 12.3. The van der Waals surface area contributed by atoms with Gasteiger partial charge in [-0.1, -0.05) is 13.8 Å². The van der Waals surface area contributed by atoms with Crippen molar-refractivity contribution in [2.45, 2.75) is 39.8 Å². The van der Waals surface area contributed by atoms with Gasteiger partial charge in [0.15, 0.2) is 4.96 Å². The first kappa shape index (κ1) is 16.5. The number of hydrogen-bond donors (Lipinski definition) is 2. The molecule has 2 amide bonds. The largest absolute Gasteiger partial charge is 0.334 e. The summed E-state index contributed by atoms with van der Waals surface area (Å²) in [6, 6.07) is -0.195. The van der Waals surface area contributed by atoms with Gasteiger partial charge in [0.2, 0.25) is 0 Å². The minimum absolute atomic E-state index is 0.195. The third-order valence-electron chi connectivity index (χ3n) is 4.03. The van der Waals surface area contributed by atoms with E-state index < -0.39 is 0 Å². The maximum absolute atomic E-state index is 12.1. The lowest BCUT2D eigenvalue weighted by Crippen LogP contribution is -2.35. The van der Waals surface area contributed by atoms with E-state index >= 15 is 0 Å². The highest BCUT2D eigenvalue weighted by Crippen LogP contribution is 2.15. The summed E-state index contributed by atoms with van der Waals surface area (Å²) in [4.78, 5) is 17.4. The van der Waals surface area contributed by atoms with Crippen molar-refractivity contribution in [3.05, 3.63) is 40.4 Å². The van der Waals surface area contributed by atoms with Crippen molar-refractivity contribution in [2.24, 2.45) is 7.05 Å². The molecule has 0 bridgehead atoms. The summed E-state index contributed by atoms with van der Waals surface area (Å²) in [7, 11) is 1.95. The number of rotatable bonds is 6. The van der Waals surface area contributed by atoms with Gasteiger partial charge in [-0.15, -0.1) is 11.3 Å². The molecule has 0 aliphatic heterocycles. The number of nitrogens with one attached hydrogen (secondary N) is 2. The van der Waals surface area contributed by atoms with Crippen LogP contribution in [0.5, 0.6) is 0 Å². The van der Waals surface area contributed by atoms with Gasteiger partial charge in [-0.25, -0.2) is 9.78 Å². The predicted octanol–water partition coefficient (Wildman–Crippen LogP) is 2.25. The molecule has 0 aliphatic rings. The van der Waals surface area contributed by atoms with Crippen LogP contribution in [-0.2, 0) is 33.0 Å². The van der Waals surface area contributed by atoms with Crippen LogP contribution in [0.15, 0.2) is 17.8 Å². The van der Waals surface area contributed by atoms with Crippen LogP contribution >= 0.6 is 11.3 Å². The average molecular weight is 346 g/mol. The number of aromatic nitrogens is 4. The molecular weight excluding hydrogens is 324 g/mol. The second-order valence-electron chi connectivity index (χ2n) is 5.56. The number of urea groups is 1. The highest BCUT2D eigenvalue weighted by molar-refractivity contribution is 7.15. The summed E-state index contributed by atoms with van der Waals surface area (Å²) in [5.74, 6) is 0. The van der Waals surface area contributed by atoms with Crippen LogP contribution < -0.4 is 10.6 Å². The number of thiazole rings is 1. The molecule has 7 nitrogen and oxygen atoms in total. The Balaban J connectivity index is 1.56. The van der Waals surface area contributed by atoms with Gasteiger partial charge >= 0.3 is 6.03 Å². The van der Waals surface area contributed by atoms with Gasteiger partial charge in [-0.3, -0.25) is 9.08 Å². The molecule has 0 fully saturated rings. The van der Waals surface area contributed by atoms with Crippen LogP contribution in [0.1, 0.15) is 36.5 Å². The van der Waals surface area contributed by atoms with Crippen molar-refractivity contribution in [2.75, 3.05) is 0 Å². The SMILES string of the molecule is CCc1nn(C)c(CC)c1CNC(=O)NCc1cn2ccsc2n1. The van der Waals surface area contributed by atoms with Crippen molar-refractivity contribution in [3.63, 3.8) is 0 Å². The minimum atomic E-state index is -0.195. The second kappa shape index (κ2) is 7.04. The lowest BCUT2D eigenvalue weighted by atomic mass is 10.1. The average Bonchev–Trinajstić information content (AvgIpc) is 3.23. The van der Waals surface area contributed by atoms with E-state index in [0.717, 1.165) is 34.8 Å². The van der Waals surface area contributed by atoms with E-state index in [-0.39, 0.29) is 6.03 Å². The topological polar surface area (TPSA) is 76.2 Å². The van der Waals surface area contributed by atoms with Crippen LogP contribution in [0.4, 0.5) is 4.79 Å². The first-order chi connectivity index (χ1) is 11.6. The molecule has 3 aromatic heterocycles. The van der Waals surface area contributed by atoms with Gasteiger partial charge in [0, 0.05) is 42.6 Å². The van der Waals surface area contributed by atoms with Crippen LogP contribution in [0, 0.1) is 0 Å². The summed E-state index contributed by atoms with van der Waals surface area (Å²) in [5.41, 5.74) is 4.19. The van der Waals surface area contributed by atoms with Gasteiger partial charge in [0.1, 0.15) is 0 Å². The molecule has 0 saturated heterocycles. The maximum Gasteiger partial charge on any atom is 0.315 e. The molecule has 0 aliphatic carbocycles. The molecule has 8 heteroatoms. The lowest BCUT2D eigenvalue weighted by Gasteiger charge is -2.08. The Morgan fingerprint density at radius 3 is 2.75 bits per heavy atom. The summed E-state index contributed by atoms with van der Waals surface area (Å²) in [6.07, 6.45) is 5.64. The number of aryl methyl sites for hydroxylation is 2. The highest BCUT2D eigenvalue weighted by atomic mass is 32.1. The van der Waals surface area contributed by atoms with E-state index in [0.29, 0.717) is 13.1 Å². The molecule has 0 aromatic carbocycles. The summed E-state index contributed by atoms with van der Waals surface area (Å²) < 4.78 is 3.86. The van der Waals surface area contributed by atoms with Crippen LogP contribution in [-0.4, -0.2) is 25.2 Å². The molecule has 3 rings (SSSR count). The van der Waals surface area contributed by atoms with E-state index in [9.17, 15) is 4.79 Å². The number of nitrogens with zero attached hydrogens (tertiary/aromatic N) is 4. The fourth-order valence-corrected chi connectivity index (χ4v) is 3.58. The smallest absolute Gasteiger partial charge is 0.315 e. The zero-order valence-electron chi connectivity index (χ0n) is 14.2. The third-order valence-corrected chi connectivity index (χ3v) is 4.80. The molecule has 0 spiro atoms. The zero-order chi connectivity index (χ0) is 17.1. The van der Waals surface area contributed by atoms with Gasteiger partial charge in [-0.2, -0.15) is 5.10 Å². The van der Waals surface area contributed by atoms with Crippen LogP contribution in [0.3, 0.4) is 0 Å². The first-order valence-electron chi connectivity index (χ1n) is 8.08. The Kier molecular flexibility index (Phi) is 4.84. The first-order valence-corrected chi connectivity index (χ1v) is 8.96. The second-order valence-corrected chi connectivity index (χ2v) is 6.44. The van der Waals surface area contributed by atoms with Crippen LogP contribution in [0.25, 0.3) is 4.96 Å². The van der Waals surface area contributed by atoms with E-state index in [1.165, 1.54) is 5.69 Å². The Morgan fingerprint density at radius 2 is 2.04 bits per heavy atom. The zero-order valence-corrected chi connectivity index (χ0v) is 15.0. The fourth-order valence-electron chi connectivity index (χ4n) is 2.86. The molecule has 0 atom stereocenters. The van der Waals surface area contributed by atoms with E-state index in [1.54, 1.807) is 11.3 Å². The van der Waals surface area contributed by atoms with E-state index in [4.69, 9.17) is 0 Å². The van der Waals surface area contributed by atoms with Gasteiger partial charge < -0.3 is 10.6 Å². The molecule has 3 aromatic rings. The van der Waals surface area contributed by atoms with Crippen molar-refractivity contribution < 1.29 is 4.79 Å². The predicted molar refractivity (Wildman–Crippen MR) is 94.1 cm³/mol. The van der Waals surface area contributed by atoms with Gasteiger partial charge in [-0.05, 0) is 12.8 Å². The number of hydrogen-bond acceptors (Lipinski definition) is 4. The van der Waals surface area contributed by atoms with Gasteiger partial charge in [0.05, 0.1) is 17.9 Å². The lowest BCUT2D eigenvalue weighted by molar-refractivity contribution is 0.240. The molecular formula is C16H22N6OS. The van der Waals surface area contributed by atoms with Crippen molar-refractivity contribution >= 4 is 22.3 Å². The summed E-state index contributed by atoms with van der Waals surface area (Å²) >= 11 is 1.57.